The van der Waals surface area contributed by atoms with Crippen LogP contribution in [-0.2, 0) is 14.4 Å². The fourth-order valence-electron chi connectivity index (χ4n) is 5.56. The van der Waals surface area contributed by atoms with Gasteiger partial charge >= 0.3 is 0 Å². The first kappa shape index (κ1) is 31.4. The van der Waals surface area contributed by atoms with Gasteiger partial charge in [0, 0.05) is 40.8 Å². The summed E-state index contributed by atoms with van der Waals surface area (Å²) in [5, 5.41) is 12.2. The van der Waals surface area contributed by atoms with Gasteiger partial charge < -0.3 is 5.32 Å². The molecule has 5 rings (SSSR count). The van der Waals surface area contributed by atoms with Crippen LogP contribution in [0.15, 0.2) is 66.9 Å². The predicted octanol–water partition coefficient (Wildman–Crippen LogP) is 5.61. The molecule has 1 saturated carbocycles. The van der Waals surface area contributed by atoms with Gasteiger partial charge in [0.1, 0.15) is 23.7 Å². The summed E-state index contributed by atoms with van der Waals surface area (Å²) >= 11 is 1.99. The van der Waals surface area contributed by atoms with E-state index in [1.54, 1.807) is 24.3 Å². The lowest BCUT2D eigenvalue weighted by molar-refractivity contribution is -0.128. The van der Waals surface area contributed by atoms with Crippen molar-refractivity contribution in [1.82, 2.24) is 10.3 Å². The van der Waals surface area contributed by atoms with Gasteiger partial charge in [-0.3, -0.25) is 24.2 Å². The number of nitrogens with zero attached hydrogens (tertiary/aromatic N) is 4. The molecule has 1 N–H and O–H groups in total. The van der Waals surface area contributed by atoms with E-state index in [1.165, 1.54) is 30.5 Å². The zero-order chi connectivity index (χ0) is 31.6. The SMILES string of the molecule is N#Cc1ccnc(N2C(=O)[C@H](F)C[C@H]2C(=O)N(c2cccc(F)c2)[C@H](C(=O)NC2CCC(F)(F)CC2)c2ccccc2I)c1. The largest absolute Gasteiger partial charge is 0.351 e. The molecule has 0 spiro atoms. The molecule has 2 aromatic carbocycles. The van der Waals surface area contributed by atoms with Crippen LogP contribution in [-0.4, -0.2) is 46.9 Å². The standard InChI is InChI=1S/C31H26F4IN5O3/c32-19-4-3-5-21(15-19)40(30(44)25-16-23(33)29(43)41(25)26-14-18(17-37)10-13-38-26)27(22-6-1-2-7-24(22)36)28(42)39-20-8-11-31(34,35)12-9-20/h1-7,10,13-15,20,23,25,27H,8-9,11-12,16H2,(H,39,42)/t23-,25+,27+/m1/s1. The van der Waals surface area contributed by atoms with E-state index in [9.17, 15) is 32.8 Å². The van der Waals surface area contributed by atoms with E-state index in [1.807, 2.05) is 28.7 Å². The first-order chi connectivity index (χ1) is 21.0. The molecule has 1 aliphatic carbocycles. The van der Waals surface area contributed by atoms with Crippen molar-refractivity contribution < 1.29 is 31.9 Å². The molecular weight excluding hydrogens is 693 g/mol. The first-order valence-electron chi connectivity index (χ1n) is 13.8. The van der Waals surface area contributed by atoms with E-state index in [0.29, 0.717) is 9.13 Å². The molecule has 1 aliphatic heterocycles. The van der Waals surface area contributed by atoms with Gasteiger partial charge in [-0.2, -0.15) is 5.26 Å². The molecule has 3 aromatic rings. The summed E-state index contributed by atoms with van der Waals surface area (Å²) in [6.07, 6.45) is -2.22. The highest BCUT2D eigenvalue weighted by molar-refractivity contribution is 14.1. The molecule has 2 heterocycles. The number of amides is 3. The van der Waals surface area contributed by atoms with Crippen LogP contribution < -0.4 is 15.1 Å². The van der Waals surface area contributed by atoms with Crippen molar-refractivity contribution in [3.63, 3.8) is 0 Å². The van der Waals surface area contributed by atoms with E-state index >= 15 is 4.39 Å². The molecule has 0 unspecified atom stereocenters. The zero-order valence-electron chi connectivity index (χ0n) is 23.1. The lowest BCUT2D eigenvalue weighted by Crippen LogP contribution is -2.53. The Morgan fingerprint density at radius 2 is 1.84 bits per heavy atom. The summed E-state index contributed by atoms with van der Waals surface area (Å²) < 4.78 is 58.0. The van der Waals surface area contributed by atoms with Gasteiger partial charge in [0.25, 0.3) is 11.8 Å². The molecule has 2 aliphatic rings. The number of nitrogens with one attached hydrogen (secondary N) is 1. The van der Waals surface area contributed by atoms with Crippen LogP contribution in [0.3, 0.4) is 0 Å². The van der Waals surface area contributed by atoms with Crippen LogP contribution in [0.1, 0.15) is 49.3 Å². The summed E-state index contributed by atoms with van der Waals surface area (Å²) in [6.45, 7) is 0. The average Bonchev–Trinajstić information content (AvgIpc) is 3.30. The zero-order valence-corrected chi connectivity index (χ0v) is 25.3. The van der Waals surface area contributed by atoms with E-state index in [-0.39, 0.29) is 29.9 Å². The summed E-state index contributed by atoms with van der Waals surface area (Å²) in [4.78, 5) is 47.7. The molecule has 0 bridgehead atoms. The van der Waals surface area contributed by atoms with Gasteiger partial charge in [-0.05, 0) is 77.4 Å². The Hall–Kier alpha value is -4.06. The third kappa shape index (κ3) is 6.54. The Bertz CT molecular complexity index is 1620. The van der Waals surface area contributed by atoms with Crippen LogP contribution in [0.25, 0.3) is 0 Å². The highest BCUT2D eigenvalue weighted by Crippen LogP contribution is 2.37. The van der Waals surface area contributed by atoms with Gasteiger partial charge in [-0.15, -0.1) is 0 Å². The lowest BCUT2D eigenvalue weighted by Gasteiger charge is -2.37. The number of hydrogen-bond acceptors (Lipinski definition) is 5. The maximum atomic E-state index is 15.0. The van der Waals surface area contributed by atoms with Gasteiger partial charge in [0.15, 0.2) is 6.17 Å². The van der Waals surface area contributed by atoms with E-state index in [0.717, 1.165) is 21.9 Å². The van der Waals surface area contributed by atoms with Gasteiger partial charge in [-0.1, -0.05) is 24.3 Å². The number of anilines is 2. The van der Waals surface area contributed by atoms with Crippen molar-refractivity contribution in [2.75, 3.05) is 9.80 Å². The van der Waals surface area contributed by atoms with Crippen molar-refractivity contribution in [3.05, 3.63) is 87.4 Å². The van der Waals surface area contributed by atoms with Crippen LogP contribution in [0.2, 0.25) is 0 Å². The maximum Gasteiger partial charge on any atom is 0.263 e. The number of halogens is 5. The number of rotatable bonds is 7. The Kier molecular flexibility index (Phi) is 9.19. The molecule has 13 heteroatoms. The van der Waals surface area contributed by atoms with Crippen LogP contribution >= 0.6 is 22.6 Å². The summed E-state index contributed by atoms with van der Waals surface area (Å²) in [5.41, 5.74) is 0.424. The number of alkyl halides is 3. The van der Waals surface area contributed by atoms with Crippen LogP contribution in [0.5, 0.6) is 0 Å². The monoisotopic (exact) mass is 719 g/mol. The second kappa shape index (κ2) is 12.9. The van der Waals surface area contributed by atoms with Crippen molar-refractivity contribution in [2.45, 2.75) is 62.3 Å². The second-order valence-corrected chi connectivity index (χ2v) is 11.9. The van der Waals surface area contributed by atoms with Crippen molar-refractivity contribution >= 4 is 51.8 Å². The molecule has 1 aromatic heterocycles. The maximum absolute atomic E-state index is 15.0. The highest BCUT2D eigenvalue weighted by atomic mass is 127. The van der Waals surface area contributed by atoms with E-state index in [2.05, 4.69) is 10.3 Å². The Morgan fingerprint density at radius 1 is 1.11 bits per heavy atom. The van der Waals surface area contributed by atoms with Crippen LogP contribution in [0.4, 0.5) is 29.1 Å². The van der Waals surface area contributed by atoms with E-state index in [4.69, 9.17) is 0 Å². The second-order valence-electron chi connectivity index (χ2n) is 10.7. The number of pyridine rings is 1. The molecule has 2 fully saturated rings. The molecule has 3 amide bonds. The number of carbonyl (C=O) groups is 3. The predicted molar refractivity (Wildman–Crippen MR) is 161 cm³/mol. The first-order valence-corrected chi connectivity index (χ1v) is 14.9. The minimum atomic E-state index is -2.84. The number of nitriles is 1. The smallest absolute Gasteiger partial charge is 0.263 e. The molecular formula is C31H26F4IN5O3. The third-order valence-electron chi connectivity index (χ3n) is 7.75. The highest BCUT2D eigenvalue weighted by Gasteiger charge is 2.49. The van der Waals surface area contributed by atoms with Crippen molar-refractivity contribution in [1.29, 1.82) is 5.26 Å². The number of hydrogen-bond donors (Lipinski definition) is 1. The van der Waals surface area contributed by atoms with Gasteiger partial charge in [-0.25, -0.2) is 22.5 Å². The van der Waals surface area contributed by atoms with Gasteiger partial charge in [0.2, 0.25) is 11.8 Å². The minimum absolute atomic E-state index is 0.0145. The Labute approximate surface area is 264 Å². The van der Waals surface area contributed by atoms with Crippen LogP contribution in [0, 0.1) is 20.7 Å². The molecule has 3 atom stereocenters. The van der Waals surface area contributed by atoms with Crippen molar-refractivity contribution in [2.24, 2.45) is 0 Å². The summed E-state index contributed by atoms with van der Waals surface area (Å²) in [7, 11) is 0. The normalized spacial score (nSPS) is 20.5. The van der Waals surface area contributed by atoms with Crippen molar-refractivity contribution in [3.8, 4) is 6.07 Å². The average molecular weight is 719 g/mol. The third-order valence-corrected chi connectivity index (χ3v) is 8.73. The molecule has 1 saturated heterocycles. The molecule has 44 heavy (non-hydrogen) atoms. The number of carbonyl (C=O) groups excluding carboxylic acids is 3. The summed E-state index contributed by atoms with van der Waals surface area (Å²) in [5.74, 6) is -6.35. The number of aromatic nitrogens is 1. The topological polar surface area (TPSA) is 106 Å². The quantitative estimate of drug-likeness (QED) is 0.253. The summed E-state index contributed by atoms with van der Waals surface area (Å²) in [6, 6.07) is 12.6. The molecule has 228 valence electrons. The lowest BCUT2D eigenvalue weighted by atomic mass is 9.91. The fourth-order valence-corrected chi connectivity index (χ4v) is 6.24. The molecule has 0 radical (unpaired) electrons. The van der Waals surface area contributed by atoms with E-state index < -0.39 is 73.0 Å². The molecule has 8 nitrogen and oxygen atoms in total. The Morgan fingerprint density at radius 3 is 2.52 bits per heavy atom. The minimum Gasteiger partial charge on any atom is -0.351 e. The Balaban J connectivity index is 1.61. The van der Waals surface area contributed by atoms with Gasteiger partial charge in [0.05, 0.1) is 11.6 Å². The fraction of sp³-hybridized carbons (Fsp3) is 0.323. The number of benzene rings is 2.